The average molecular weight is 405 g/mol. The van der Waals surface area contributed by atoms with Crippen molar-refractivity contribution < 1.29 is 33.3 Å². The quantitative estimate of drug-likeness (QED) is 0.396. The Morgan fingerprint density at radius 2 is 1.89 bits per heavy atom. The summed E-state index contributed by atoms with van der Waals surface area (Å²) in [6.45, 7) is -0.275. The van der Waals surface area contributed by atoms with Crippen LogP contribution in [-0.2, 0) is 9.53 Å². The van der Waals surface area contributed by atoms with Crippen molar-refractivity contribution in [2.45, 2.75) is 0 Å². The van der Waals surface area contributed by atoms with Gasteiger partial charge in [-0.3, -0.25) is 4.79 Å². The number of ether oxygens (including phenoxy) is 5. The highest BCUT2D eigenvalue weighted by molar-refractivity contribution is 6.32. The Hall–Kier alpha value is -3.19. The van der Waals surface area contributed by atoms with Gasteiger partial charge in [0, 0.05) is 11.6 Å². The standard InChI is InChI=1S/C20H17ClO7/c1-24-18-8-12(7-14(21)20(18)25-2)3-6-19(23)26-10-15(22)13-4-5-16-17(9-13)28-11-27-16/h3-9H,10-11H2,1-2H3/b6-3+. The van der Waals surface area contributed by atoms with Crippen molar-refractivity contribution in [1.29, 1.82) is 0 Å². The van der Waals surface area contributed by atoms with E-state index in [4.69, 9.17) is 35.3 Å². The third-order valence-electron chi connectivity index (χ3n) is 3.91. The second-order valence-electron chi connectivity index (χ2n) is 5.67. The summed E-state index contributed by atoms with van der Waals surface area (Å²) in [6, 6.07) is 8.06. The number of benzene rings is 2. The van der Waals surface area contributed by atoms with Crippen LogP contribution in [0.4, 0.5) is 0 Å². The zero-order valence-corrected chi connectivity index (χ0v) is 15.9. The summed E-state index contributed by atoms with van der Waals surface area (Å²) in [4.78, 5) is 24.1. The molecule has 0 amide bonds. The van der Waals surface area contributed by atoms with Gasteiger partial charge in [-0.05, 0) is 42.0 Å². The van der Waals surface area contributed by atoms with Gasteiger partial charge in [0.25, 0.3) is 0 Å². The highest BCUT2D eigenvalue weighted by atomic mass is 35.5. The second kappa shape index (κ2) is 8.67. The van der Waals surface area contributed by atoms with Crippen LogP contribution < -0.4 is 18.9 Å². The summed E-state index contributed by atoms with van der Waals surface area (Å²) in [5.41, 5.74) is 0.981. The van der Waals surface area contributed by atoms with E-state index in [1.165, 1.54) is 26.4 Å². The Kier molecular flexibility index (Phi) is 6.06. The summed E-state index contributed by atoms with van der Waals surface area (Å²) < 4.78 is 25.8. The van der Waals surface area contributed by atoms with Gasteiger partial charge in [-0.25, -0.2) is 4.79 Å². The highest BCUT2D eigenvalue weighted by Crippen LogP contribution is 2.36. The molecule has 0 N–H and O–H groups in total. The first-order chi connectivity index (χ1) is 13.5. The van der Waals surface area contributed by atoms with Crippen molar-refractivity contribution in [2.24, 2.45) is 0 Å². The number of carbonyl (C=O) groups excluding carboxylic acids is 2. The lowest BCUT2D eigenvalue weighted by Gasteiger charge is -2.10. The molecule has 3 rings (SSSR count). The van der Waals surface area contributed by atoms with Gasteiger partial charge in [0.1, 0.15) is 0 Å². The molecule has 1 aliphatic rings. The largest absolute Gasteiger partial charge is 0.493 e. The molecule has 0 radical (unpaired) electrons. The average Bonchev–Trinajstić information content (AvgIpc) is 3.17. The molecule has 8 heteroatoms. The molecule has 0 bridgehead atoms. The number of Topliss-reactive ketones (excluding diaryl/α,β-unsaturated/α-hetero) is 1. The van der Waals surface area contributed by atoms with E-state index >= 15 is 0 Å². The molecule has 0 spiro atoms. The number of halogens is 1. The number of rotatable bonds is 7. The Morgan fingerprint density at radius 1 is 1.11 bits per heavy atom. The zero-order chi connectivity index (χ0) is 20.1. The lowest BCUT2D eigenvalue weighted by atomic mass is 10.1. The Balaban J connectivity index is 1.59. The maximum Gasteiger partial charge on any atom is 0.331 e. The van der Waals surface area contributed by atoms with Crippen molar-refractivity contribution in [2.75, 3.05) is 27.6 Å². The maximum atomic E-state index is 12.2. The summed E-state index contributed by atoms with van der Waals surface area (Å²) in [7, 11) is 2.96. The molecule has 28 heavy (non-hydrogen) atoms. The molecular weight excluding hydrogens is 388 g/mol. The fourth-order valence-corrected chi connectivity index (χ4v) is 2.83. The van der Waals surface area contributed by atoms with E-state index < -0.39 is 12.6 Å². The smallest absolute Gasteiger partial charge is 0.331 e. The Morgan fingerprint density at radius 3 is 2.64 bits per heavy atom. The Bertz CT molecular complexity index is 936. The van der Waals surface area contributed by atoms with Crippen LogP contribution in [0.1, 0.15) is 15.9 Å². The van der Waals surface area contributed by atoms with Crippen LogP contribution >= 0.6 is 11.6 Å². The molecule has 0 aromatic heterocycles. The van der Waals surface area contributed by atoms with Crippen molar-refractivity contribution >= 4 is 29.4 Å². The van der Waals surface area contributed by atoms with E-state index in [1.54, 1.807) is 30.3 Å². The van der Waals surface area contributed by atoms with Crippen molar-refractivity contribution in [3.05, 3.63) is 52.6 Å². The molecule has 7 nitrogen and oxygen atoms in total. The van der Waals surface area contributed by atoms with Crippen LogP contribution in [0.25, 0.3) is 6.08 Å². The fourth-order valence-electron chi connectivity index (χ4n) is 2.54. The Labute approximate surface area is 166 Å². The molecule has 146 valence electrons. The first-order valence-corrected chi connectivity index (χ1v) is 8.59. The lowest BCUT2D eigenvalue weighted by molar-refractivity contribution is -0.136. The van der Waals surface area contributed by atoms with Crippen LogP contribution in [0.5, 0.6) is 23.0 Å². The predicted molar refractivity (Wildman–Crippen MR) is 101 cm³/mol. The van der Waals surface area contributed by atoms with Gasteiger partial charge < -0.3 is 23.7 Å². The topological polar surface area (TPSA) is 80.3 Å². The minimum absolute atomic E-state index is 0.118. The molecule has 1 heterocycles. The van der Waals surface area contributed by atoms with Gasteiger partial charge in [-0.15, -0.1) is 0 Å². The fraction of sp³-hybridized carbons (Fsp3) is 0.200. The van der Waals surface area contributed by atoms with Crippen molar-refractivity contribution in [3.63, 3.8) is 0 Å². The third-order valence-corrected chi connectivity index (χ3v) is 4.19. The highest BCUT2D eigenvalue weighted by Gasteiger charge is 2.17. The number of carbonyl (C=O) groups is 2. The van der Waals surface area contributed by atoms with Gasteiger partial charge in [0.15, 0.2) is 35.4 Å². The lowest BCUT2D eigenvalue weighted by Crippen LogP contribution is -2.12. The van der Waals surface area contributed by atoms with Crippen LogP contribution in [-0.4, -0.2) is 39.4 Å². The van der Waals surface area contributed by atoms with E-state index in [0.29, 0.717) is 39.1 Å². The monoisotopic (exact) mass is 404 g/mol. The van der Waals surface area contributed by atoms with E-state index in [2.05, 4.69) is 0 Å². The van der Waals surface area contributed by atoms with Gasteiger partial charge in [0.2, 0.25) is 6.79 Å². The maximum absolute atomic E-state index is 12.2. The molecule has 0 unspecified atom stereocenters. The second-order valence-corrected chi connectivity index (χ2v) is 6.08. The molecule has 2 aromatic rings. The van der Waals surface area contributed by atoms with E-state index in [-0.39, 0.29) is 12.6 Å². The molecule has 0 saturated carbocycles. The van der Waals surface area contributed by atoms with Crippen LogP contribution in [0.15, 0.2) is 36.4 Å². The number of hydrogen-bond donors (Lipinski definition) is 0. The van der Waals surface area contributed by atoms with Crippen LogP contribution in [0, 0.1) is 0 Å². The third kappa shape index (κ3) is 4.37. The normalized spacial score (nSPS) is 12.1. The van der Waals surface area contributed by atoms with Crippen molar-refractivity contribution in [1.82, 2.24) is 0 Å². The SMILES string of the molecule is COc1cc(/C=C/C(=O)OCC(=O)c2ccc3c(c2)OCO3)cc(Cl)c1OC. The van der Waals surface area contributed by atoms with E-state index in [1.807, 2.05) is 0 Å². The van der Waals surface area contributed by atoms with Crippen molar-refractivity contribution in [3.8, 4) is 23.0 Å². The number of methoxy groups -OCH3 is 2. The molecule has 0 atom stereocenters. The first-order valence-electron chi connectivity index (χ1n) is 8.21. The number of ketones is 1. The molecule has 2 aromatic carbocycles. The van der Waals surface area contributed by atoms with Gasteiger partial charge in [-0.1, -0.05) is 11.6 Å². The predicted octanol–water partition coefficient (Wildman–Crippen LogP) is 3.53. The van der Waals surface area contributed by atoms with E-state index in [0.717, 1.165) is 0 Å². The van der Waals surface area contributed by atoms with E-state index in [9.17, 15) is 9.59 Å². The number of esters is 1. The first kappa shape index (κ1) is 19.6. The molecule has 0 fully saturated rings. The summed E-state index contributed by atoms with van der Waals surface area (Å²) in [5, 5.41) is 0.341. The molecule has 0 saturated heterocycles. The minimum Gasteiger partial charge on any atom is -0.493 e. The summed E-state index contributed by atoms with van der Waals surface area (Å²) in [5.74, 6) is 0.876. The molecular formula is C20H17ClO7. The van der Waals surface area contributed by atoms with Gasteiger partial charge >= 0.3 is 5.97 Å². The van der Waals surface area contributed by atoms with Gasteiger partial charge in [-0.2, -0.15) is 0 Å². The van der Waals surface area contributed by atoms with Crippen LogP contribution in [0.3, 0.4) is 0 Å². The van der Waals surface area contributed by atoms with Crippen LogP contribution in [0.2, 0.25) is 5.02 Å². The summed E-state index contributed by atoms with van der Waals surface area (Å²) >= 11 is 6.12. The van der Waals surface area contributed by atoms with Gasteiger partial charge in [0.05, 0.1) is 19.2 Å². The summed E-state index contributed by atoms with van der Waals surface area (Å²) in [6.07, 6.45) is 2.70. The zero-order valence-electron chi connectivity index (χ0n) is 15.2. The minimum atomic E-state index is -0.667. The molecule has 1 aliphatic heterocycles. The number of fused-ring (bicyclic) bond motifs is 1. The number of hydrogen-bond acceptors (Lipinski definition) is 7. The molecule has 0 aliphatic carbocycles.